The zero-order chi connectivity index (χ0) is 22.4. The number of ether oxygens (including phenoxy) is 1. The van der Waals surface area contributed by atoms with Crippen molar-refractivity contribution in [3.63, 3.8) is 0 Å². The number of aromatic nitrogens is 1. The molecule has 2 rings (SSSR count). The van der Waals surface area contributed by atoms with Crippen LogP contribution in [0.5, 0.6) is 0 Å². The number of H-pyrrole nitrogens is 1. The van der Waals surface area contributed by atoms with Crippen LogP contribution in [0.15, 0.2) is 18.2 Å². The van der Waals surface area contributed by atoms with Crippen molar-refractivity contribution in [3.05, 3.63) is 50.8 Å². The van der Waals surface area contributed by atoms with Crippen LogP contribution >= 0.6 is 23.2 Å². The average molecular weight is 454 g/mol. The summed E-state index contributed by atoms with van der Waals surface area (Å²) in [6.07, 6.45) is 0.657. The van der Waals surface area contributed by atoms with Crippen LogP contribution in [0, 0.1) is 13.8 Å². The molecule has 0 fully saturated rings. The second-order valence-corrected chi connectivity index (χ2v) is 7.59. The highest BCUT2D eigenvalue weighted by atomic mass is 35.5. The number of nitrogens with zero attached hydrogens (tertiary/aromatic N) is 1. The molecule has 162 valence electrons. The zero-order valence-corrected chi connectivity index (χ0v) is 18.9. The number of benzene rings is 1. The summed E-state index contributed by atoms with van der Waals surface area (Å²) in [5, 5.41) is 3.45. The van der Waals surface area contributed by atoms with Crippen molar-refractivity contribution in [1.29, 1.82) is 0 Å². The predicted molar refractivity (Wildman–Crippen MR) is 118 cm³/mol. The number of carbonyl (C=O) groups is 3. The highest BCUT2D eigenvalue weighted by molar-refractivity contribution is 6.36. The summed E-state index contributed by atoms with van der Waals surface area (Å²) >= 11 is 12.0. The first kappa shape index (κ1) is 23.8. The molecule has 7 nitrogen and oxygen atoms in total. The highest BCUT2D eigenvalue weighted by Crippen LogP contribution is 2.25. The summed E-state index contributed by atoms with van der Waals surface area (Å²) in [5.74, 6) is -1.25. The van der Waals surface area contributed by atoms with Crippen LogP contribution in [0.25, 0.3) is 0 Å². The Morgan fingerprint density at radius 2 is 1.87 bits per heavy atom. The van der Waals surface area contributed by atoms with Gasteiger partial charge in [0.1, 0.15) is 12.2 Å². The van der Waals surface area contributed by atoms with Crippen molar-refractivity contribution in [2.75, 3.05) is 25.0 Å². The number of carbonyl (C=O) groups excluding carboxylic acids is 3. The van der Waals surface area contributed by atoms with Crippen LogP contribution in [-0.4, -0.2) is 47.4 Å². The van der Waals surface area contributed by atoms with Gasteiger partial charge in [-0.1, -0.05) is 30.1 Å². The van der Waals surface area contributed by atoms with Gasteiger partial charge >= 0.3 is 5.97 Å². The van der Waals surface area contributed by atoms with Gasteiger partial charge in [-0.05, 0) is 51.0 Å². The van der Waals surface area contributed by atoms with Gasteiger partial charge in [-0.2, -0.15) is 0 Å². The van der Waals surface area contributed by atoms with Crippen molar-refractivity contribution >= 4 is 46.7 Å². The lowest BCUT2D eigenvalue weighted by molar-refractivity contribution is -0.116. The van der Waals surface area contributed by atoms with Crippen LogP contribution in [0.2, 0.25) is 10.0 Å². The van der Waals surface area contributed by atoms with Crippen LogP contribution in [0.4, 0.5) is 5.69 Å². The topological polar surface area (TPSA) is 91.5 Å². The van der Waals surface area contributed by atoms with Gasteiger partial charge in [0.25, 0.3) is 5.91 Å². The Balaban J connectivity index is 2.21. The molecule has 0 spiro atoms. The summed E-state index contributed by atoms with van der Waals surface area (Å²) < 4.78 is 5.07. The van der Waals surface area contributed by atoms with Gasteiger partial charge in [0.2, 0.25) is 5.91 Å². The maximum absolute atomic E-state index is 13.1. The second kappa shape index (κ2) is 10.5. The molecule has 30 heavy (non-hydrogen) atoms. The van der Waals surface area contributed by atoms with Gasteiger partial charge in [0.05, 0.1) is 22.9 Å². The monoisotopic (exact) mass is 453 g/mol. The SMILES string of the molecule is CCCN(CC(=O)Nc1ccc(Cl)cc1Cl)C(=O)c1[nH]c(C)c(C(=O)OCC)c1C. The molecule has 0 saturated carbocycles. The quantitative estimate of drug-likeness (QED) is 0.570. The molecule has 0 aliphatic heterocycles. The molecule has 2 aromatic rings. The number of hydrogen-bond donors (Lipinski definition) is 2. The maximum Gasteiger partial charge on any atom is 0.340 e. The van der Waals surface area contributed by atoms with E-state index in [1.54, 1.807) is 32.9 Å². The molecule has 1 aromatic carbocycles. The van der Waals surface area contributed by atoms with E-state index in [4.69, 9.17) is 27.9 Å². The lowest BCUT2D eigenvalue weighted by atomic mass is 10.1. The Bertz CT molecular complexity index is 956. The first-order valence-corrected chi connectivity index (χ1v) is 10.4. The third-order valence-electron chi connectivity index (χ3n) is 4.45. The fourth-order valence-electron chi connectivity index (χ4n) is 3.11. The van der Waals surface area contributed by atoms with Crippen LogP contribution in [-0.2, 0) is 9.53 Å². The molecule has 0 unspecified atom stereocenters. The molecule has 9 heteroatoms. The van der Waals surface area contributed by atoms with Crippen LogP contribution in [0.1, 0.15) is 52.4 Å². The molecular weight excluding hydrogens is 429 g/mol. The van der Waals surface area contributed by atoms with Crippen molar-refractivity contribution in [1.82, 2.24) is 9.88 Å². The first-order chi connectivity index (χ1) is 14.2. The lowest BCUT2D eigenvalue weighted by Crippen LogP contribution is -2.39. The van der Waals surface area contributed by atoms with Crippen LogP contribution in [0.3, 0.4) is 0 Å². The maximum atomic E-state index is 13.1. The molecule has 0 atom stereocenters. The molecular formula is C21H25Cl2N3O4. The fourth-order valence-corrected chi connectivity index (χ4v) is 3.56. The molecule has 0 aliphatic carbocycles. The predicted octanol–water partition coefficient (Wildman–Crippen LogP) is 4.61. The van der Waals surface area contributed by atoms with E-state index in [1.165, 1.54) is 11.0 Å². The minimum Gasteiger partial charge on any atom is -0.462 e. The molecule has 1 heterocycles. The van der Waals surface area contributed by atoms with E-state index in [0.29, 0.717) is 45.5 Å². The summed E-state index contributed by atoms with van der Waals surface area (Å²) in [7, 11) is 0. The number of esters is 1. The number of aromatic amines is 1. The van der Waals surface area contributed by atoms with Gasteiger partial charge in [-0.15, -0.1) is 0 Å². The van der Waals surface area contributed by atoms with Gasteiger partial charge in [0.15, 0.2) is 0 Å². The van der Waals surface area contributed by atoms with Crippen molar-refractivity contribution in [2.24, 2.45) is 0 Å². The smallest absolute Gasteiger partial charge is 0.340 e. The summed E-state index contributed by atoms with van der Waals surface area (Å²) in [6, 6.07) is 4.73. The Kier molecular flexibility index (Phi) is 8.32. The standard InChI is InChI=1S/C21H25Cl2N3O4/c1-5-9-26(11-17(27)25-16-8-7-14(22)10-15(16)23)20(28)19-12(3)18(13(4)24-19)21(29)30-6-2/h7-8,10,24H,5-6,9,11H2,1-4H3,(H,25,27). The number of halogens is 2. The molecule has 2 amide bonds. The van der Waals surface area contributed by atoms with E-state index in [1.807, 2.05) is 6.92 Å². The third kappa shape index (κ3) is 5.55. The molecule has 1 aromatic heterocycles. The van der Waals surface area contributed by atoms with E-state index in [9.17, 15) is 14.4 Å². The van der Waals surface area contributed by atoms with Crippen molar-refractivity contribution in [2.45, 2.75) is 34.1 Å². The van der Waals surface area contributed by atoms with Gasteiger partial charge in [0, 0.05) is 17.3 Å². The Morgan fingerprint density at radius 3 is 2.47 bits per heavy atom. The van der Waals surface area contributed by atoms with Crippen molar-refractivity contribution in [3.8, 4) is 0 Å². The van der Waals surface area contributed by atoms with Gasteiger partial charge in [-0.25, -0.2) is 4.79 Å². The molecule has 0 saturated heterocycles. The van der Waals surface area contributed by atoms with E-state index >= 15 is 0 Å². The lowest BCUT2D eigenvalue weighted by Gasteiger charge is -2.21. The number of aryl methyl sites for hydroxylation is 1. The molecule has 0 bridgehead atoms. The highest BCUT2D eigenvalue weighted by Gasteiger charge is 2.26. The largest absolute Gasteiger partial charge is 0.462 e. The minimum atomic E-state index is -0.486. The fraction of sp³-hybridized carbons (Fsp3) is 0.381. The number of hydrogen-bond acceptors (Lipinski definition) is 4. The number of anilines is 1. The van der Waals surface area contributed by atoms with Gasteiger partial charge in [-0.3, -0.25) is 9.59 Å². The minimum absolute atomic E-state index is 0.169. The normalized spacial score (nSPS) is 10.6. The van der Waals surface area contributed by atoms with E-state index in [-0.39, 0.29) is 24.8 Å². The van der Waals surface area contributed by atoms with E-state index in [0.717, 1.165) is 0 Å². The van der Waals surface area contributed by atoms with E-state index < -0.39 is 11.9 Å². The zero-order valence-electron chi connectivity index (χ0n) is 17.4. The number of rotatable bonds is 8. The molecule has 2 N–H and O–H groups in total. The number of amides is 2. The summed E-state index contributed by atoms with van der Waals surface area (Å²) in [6.45, 7) is 7.45. The second-order valence-electron chi connectivity index (χ2n) is 6.74. The average Bonchev–Trinajstić information content (AvgIpc) is 2.97. The third-order valence-corrected chi connectivity index (χ3v) is 5.00. The van der Waals surface area contributed by atoms with E-state index in [2.05, 4.69) is 10.3 Å². The van der Waals surface area contributed by atoms with Crippen LogP contribution < -0.4 is 5.32 Å². The molecule has 0 aliphatic rings. The number of nitrogens with one attached hydrogen (secondary N) is 2. The molecule has 0 radical (unpaired) electrons. The summed E-state index contributed by atoms with van der Waals surface area (Å²) in [5.41, 5.74) is 2.06. The Labute approximate surface area is 185 Å². The Hall–Kier alpha value is -2.51. The van der Waals surface area contributed by atoms with Gasteiger partial charge < -0.3 is 19.9 Å². The summed E-state index contributed by atoms with van der Waals surface area (Å²) in [4.78, 5) is 42.3. The Morgan fingerprint density at radius 1 is 1.17 bits per heavy atom. The first-order valence-electron chi connectivity index (χ1n) is 9.59. The van der Waals surface area contributed by atoms with Crippen molar-refractivity contribution < 1.29 is 19.1 Å².